The van der Waals surface area contributed by atoms with Crippen molar-refractivity contribution in [2.45, 2.75) is 25.4 Å². The number of hydrogen-bond acceptors (Lipinski definition) is 3. The number of hydrogen-bond donors (Lipinski definition) is 3. The molecule has 2 amide bonds. The summed E-state index contributed by atoms with van der Waals surface area (Å²) in [7, 11) is 0. The maximum Gasteiger partial charge on any atom is 0.272 e. The van der Waals surface area contributed by atoms with Crippen LogP contribution in [0.3, 0.4) is 0 Å². The molecule has 0 saturated carbocycles. The van der Waals surface area contributed by atoms with Gasteiger partial charge < -0.3 is 16.0 Å². The number of carbonyl (C=O) groups excluding carboxylic acids is 2. The Morgan fingerprint density at radius 3 is 2.89 bits per heavy atom. The van der Waals surface area contributed by atoms with Crippen LogP contribution in [0.15, 0.2) is 53.0 Å². The largest absolute Gasteiger partial charge is 0.368 e. The summed E-state index contributed by atoms with van der Waals surface area (Å²) < 4.78 is 0.956. The van der Waals surface area contributed by atoms with Gasteiger partial charge in [-0.2, -0.15) is 0 Å². The van der Waals surface area contributed by atoms with Gasteiger partial charge >= 0.3 is 0 Å². The number of rotatable bonds is 5. The van der Waals surface area contributed by atoms with Crippen LogP contribution in [0, 0.1) is 0 Å². The summed E-state index contributed by atoms with van der Waals surface area (Å²) in [5, 5.41) is 3.92. The number of aromatic amines is 1. The molecule has 7 heteroatoms. The number of anilines is 1. The zero-order valence-electron chi connectivity index (χ0n) is 15.2. The number of primary amides is 1. The first kappa shape index (κ1) is 18.7. The molecule has 28 heavy (non-hydrogen) atoms. The zero-order chi connectivity index (χ0) is 19.7. The third-order valence-electron chi connectivity index (χ3n) is 5.09. The molecule has 0 aliphatic carbocycles. The van der Waals surface area contributed by atoms with Crippen LogP contribution in [-0.4, -0.2) is 34.3 Å². The van der Waals surface area contributed by atoms with Crippen LogP contribution in [0.5, 0.6) is 0 Å². The molecule has 0 radical (unpaired) electrons. The predicted molar refractivity (Wildman–Crippen MR) is 113 cm³/mol. The minimum atomic E-state index is -0.271. The lowest BCUT2D eigenvalue weighted by Gasteiger charge is -2.22. The van der Waals surface area contributed by atoms with Crippen LogP contribution in [-0.2, 0) is 11.3 Å². The summed E-state index contributed by atoms with van der Waals surface area (Å²) in [5.41, 5.74) is 8.66. The Bertz CT molecular complexity index is 1050. The summed E-state index contributed by atoms with van der Waals surface area (Å²) in [6.45, 7) is 1.49. The van der Waals surface area contributed by atoms with E-state index in [0.717, 1.165) is 46.0 Å². The van der Waals surface area contributed by atoms with Gasteiger partial charge in [-0.1, -0.05) is 34.1 Å². The summed E-state index contributed by atoms with van der Waals surface area (Å²) in [5.74, 6) is -0.465. The van der Waals surface area contributed by atoms with E-state index in [4.69, 9.17) is 5.73 Å². The number of amides is 2. The Morgan fingerprint density at radius 2 is 2.07 bits per heavy atom. The van der Waals surface area contributed by atoms with E-state index in [1.807, 2.05) is 48.5 Å². The lowest BCUT2D eigenvalue weighted by atomic mass is 10.1. The lowest BCUT2D eigenvalue weighted by Crippen LogP contribution is -2.39. The van der Waals surface area contributed by atoms with Crippen LogP contribution in [0.2, 0.25) is 0 Å². The van der Waals surface area contributed by atoms with Gasteiger partial charge in [0, 0.05) is 27.6 Å². The third-order valence-corrected chi connectivity index (χ3v) is 5.58. The average Bonchev–Trinajstić information content (AvgIpc) is 3.28. The van der Waals surface area contributed by atoms with Gasteiger partial charge in [0.2, 0.25) is 5.91 Å². The number of fused-ring (bicyclic) bond motifs is 1. The van der Waals surface area contributed by atoms with Crippen LogP contribution < -0.4 is 11.1 Å². The Kier molecular flexibility index (Phi) is 5.19. The van der Waals surface area contributed by atoms with Gasteiger partial charge in [0.05, 0.1) is 6.04 Å². The summed E-state index contributed by atoms with van der Waals surface area (Å²) in [6, 6.07) is 15.2. The van der Waals surface area contributed by atoms with Crippen molar-refractivity contribution < 1.29 is 9.59 Å². The topological polar surface area (TPSA) is 91.2 Å². The number of likely N-dealkylation sites (tertiary alicyclic amines) is 1. The minimum Gasteiger partial charge on any atom is -0.368 e. The maximum atomic E-state index is 12.6. The van der Waals surface area contributed by atoms with Gasteiger partial charge in [-0.25, -0.2) is 0 Å². The van der Waals surface area contributed by atoms with Gasteiger partial charge in [-0.05, 0) is 55.3 Å². The first-order valence-electron chi connectivity index (χ1n) is 9.21. The molecule has 1 aromatic heterocycles. The number of H-pyrrole nitrogens is 1. The molecule has 1 unspecified atom stereocenters. The molecule has 1 aliphatic rings. The van der Waals surface area contributed by atoms with Gasteiger partial charge in [0.1, 0.15) is 5.69 Å². The first-order chi connectivity index (χ1) is 13.5. The predicted octanol–water partition coefficient (Wildman–Crippen LogP) is 3.63. The zero-order valence-corrected chi connectivity index (χ0v) is 16.8. The quantitative estimate of drug-likeness (QED) is 0.565. The SMILES string of the molecule is NC(=O)C1CCCN1Cc1cccc(NC(=O)c2cc3ccc(Br)cc3[nH]2)c1. The summed E-state index contributed by atoms with van der Waals surface area (Å²) in [6.07, 6.45) is 1.78. The number of benzene rings is 2. The summed E-state index contributed by atoms with van der Waals surface area (Å²) in [4.78, 5) is 29.5. The van der Waals surface area contributed by atoms with E-state index >= 15 is 0 Å². The van der Waals surface area contributed by atoms with E-state index in [1.54, 1.807) is 0 Å². The molecule has 6 nitrogen and oxygen atoms in total. The second-order valence-electron chi connectivity index (χ2n) is 7.10. The van der Waals surface area contributed by atoms with E-state index in [2.05, 4.69) is 31.1 Å². The van der Waals surface area contributed by atoms with E-state index in [-0.39, 0.29) is 17.9 Å². The third kappa shape index (κ3) is 3.95. The molecule has 1 fully saturated rings. The van der Waals surface area contributed by atoms with E-state index in [1.165, 1.54) is 0 Å². The van der Waals surface area contributed by atoms with Crippen LogP contribution in [0.25, 0.3) is 10.9 Å². The smallest absolute Gasteiger partial charge is 0.272 e. The fourth-order valence-corrected chi connectivity index (χ4v) is 4.10. The number of halogens is 1. The van der Waals surface area contributed by atoms with Crippen molar-refractivity contribution in [3.63, 3.8) is 0 Å². The van der Waals surface area contributed by atoms with Crippen molar-refractivity contribution in [2.75, 3.05) is 11.9 Å². The number of nitrogens with two attached hydrogens (primary N) is 1. The van der Waals surface area contributed by atoms with Gasteiger partial charge in [-0.15, -0.1) is 0 Å². The van der Waals surface area contributed by atoms with Crippen molar-refractivity contribution in [2.24, 2.45) is 5.73 Å². The van der Waals surface area contributed by atoms with E-state index in [9.17, 15) is 9.59 Å². The Hall–Kier alpha value is -2.64. The molecular weight excluding hydrogens is 420 g/mol. The lowest BCUT2D eigenvalue weighted by molar-refractivity contribution is -0.122. The average molecular weight is 441 g/mol. The second kappa shape index (κ2) is 7.77. The molecule has 0 bridgehead atoms. The first-order valence-corrected chi connectivity index (χ1v) is 10.0. The number of nitrogens with zero attached hydrogens (tertiary/aromatic N) is 1. The number of nitrogens with one attached hydrogen (secondary N) is 2. The molecule has 1 atom stereocenters. The fraction of sp³-hybridized carbons (Fsp3) is 0.238. The Labute approximate surface area is 171 Å². The van der Waals surface area contributed by atoms with Crippen molar-refractivity contribution in [1.82, 2.24) is 9.88 Å². The molecule has 2 heterocycles. The monoisotopic (exact) mass is 440 g/mol. The van der Waals surface area contributed by atoms with Crippen molar-refractivity contribution in [1.29, 1.82) is 0 Å². The molecule has 1 saturated heterocycles. The highest BCUT2D eigenvalue weighted by Crippen LogP contribution is 2.23. The molecule has 4 rings (SSSR count). The highest BCUT2D eigenvalue weighted by molar-refractivity contribution is 9.10. The normalized spacial score (nSPS) is 17.1. The van der Waals surface area contributed by atoms with Crippen LogP contribution >= 0.6 is 15.9 Å². The summed E-state index contributed by atoms with van der Waals surface area (Å²) >= 11 is 3.44. The highest BCUT2D eigenvalue weighted by atomic mass is 79.9. The van der Waals surface area contributed by atoms with Crippen molar-refractivity contribution >= 4 is 44.3 Å². The minimum absolute atomic E-state index is 0.194. The molecule has 4 N–H and O–H groups in total. The fourth-order valence-electron chi connectivity index (χ4n) is 3.74. The molecule has 1 aliphatic heterocycles. The van der Waals surface area contributed by atoms with Gasteiger partial charge in [0.15, 0.2) is 0 Å². The van der Waals surface area contributed by atoms with Crippen molar-refractivity contribution in [3.05, 3.63) is 64.3 Å². The molecule has 0 spiro atoms. The number of aromatic nitrogens is 1. The standard InChI is InChI=1S/C21H21BrN4O2/c22-15-7-6-14-10-18(25-17(14)11-15)21(28)24-16-4-1-3-13(9-16)12-26-8-2-5-19(26)20(23)27/h1,3-4,6-7,9-11,19,25H,2,5,8,12H2,(H2,23,27)(H,24,28). The molecular formula is C21H21BrN4O2. The van der Waals surface area contributed by atoms with Gasteiger partial charge in [-0.3, -0.25) is 14.5 Å². The molecule has 3 aromatic rings. The Morgan fingerprint density at radius 1 is 1.21 bits per heavy atom. The number of carbonyl (C=O) groups is 2. The van der Waals surface area contributed by atoms with Crippen LogP contribution in [0.1, 0.15) is 28.9 Å². The van der Waals surface area contributed by atoms with E-state index in [0.29, 0.717) is 12.2 Å². The van der Waals surface area contributed by atoms with Crippen LogP contribution in [0.4, 0.5) is 5.69 Å². The maximum absolute atomic E-state index is 12.6. The molecule has 2 aromatic carbocycles. The second-order valence-corrected chi connectivity index (χ2v) is 8.02. The highest BCUT2D eigenvalue weighted by Gasteiger charge is 2.28. The van der Waals surface area contributed by atoms with E-state index < -0.39 is 0 Å². The van der Waals surface area contributed by atoms with Crippen molar-refractivity contribution in [3.8, 4) is 0 Å². The Balaban J connectivity index is 1.48. The molecule has 144 valence electrons. The van der Waals surface area contributed by atoms with Gasteiger partial charge in [0.25, 0.3) is 5.91 Å².